The second kappa shape index (κ2) is 7.71. The summed E-state index contributed by atoms with van der Waals surface area (Å²) in [6, 6.07) is 3.49. The summed E-state index contributed by atoms with van der Waals surface area (Å²) >= 11 is 5.77. The number of halogens is 2. The Morgan fingerprint density at radius 2 is 2.11 bits per heavy atom. The van der Waals surface area contributed by atoms with Crippen LogP contribution in [0.5, 0.6) is 0 Å². The molecular weight excluding hydrogens is 383 g/mol. The van der Waals surface area contributed by atoms with Crippen LogP contribution in [0.25, 0.3) is 6.08 Å². The molecule has 0 aromatic carbocycles. The van der Waals surface area contributed by atoms with Crippen LogP contribution in [0, 0.1) is 23.6 Å². The maximum absolute atomic E-state index is 13.9. The van der Waals surface area contributed by atoms with Crippen LogP contribution in [-0.4, -0.2) is 40.5 Å². The summed E-state index contributed by atoms with van der Waals surface area (Å²) < 4.78 is 13.9. The molecule has 3 atom stereocenters. The van der Waals surface area contributed by atoms with Gasteiger partial charge in [-0.15, -0.1) is 0 Å². The third kappa shape index (κ3) is 4.06. The Bertz CT molecular complexity index is 894. The summed E-state index contributed by atoms with van der Waals surface area (Å²) in [4.78, 5) is 25.5. The van der Waals surface area contributed by atoms with Gasteiger partial charge in [-0.1, -0.05) is 0 Å². The number of hydrogen-bond donors (Lipinski definition) is 2. The van der Waals surface area contributed by atoms with Crippen molar-refractivity contribution in [3.05, 3.63) is 47.3 Å². The van der Waals surface area contributed by atoms with Gasteiger partial charge < -0.3 is 16.0 Å². The number of pyridine rings is 1. The van der Waals surface area contributed by atoms with Crippen LogP contribution in [0.4, 0.5) is 16.0 Å². The molecule has 1 aliphatic heterocycles. The summed E-state index contributed by atoms with van der Waals surface area (Å²) in [5.41, 5.74) is 6.35. The lowest BCUT2D eigenvalue weighted by atomic mass is 10.2. The Labute approximate surface area is 166 Å². The lowest BCUT2D eigenvalue weighted by Gasteiger charge is -2.21. The van der Waals surface area contributed by atoms with E-state index in [4.69, 9.17) is 17.3 Å². The van der Waals surface area contributed by atoms with E-state index in [1.165, 1.54) is 6.08 Å². The van der Waals surface area contributed by atoms with Crippen LogP contribution in [0.15, 0.2) is 30.6 Å². The molecule has 2 aromatic heterocycles. The molecule has 146 valence electrons. The molecule has 28 heavy (non-hydrogen) atoms. The van der Waals surface area contributed by atoms with Crippen molar-refractivity contribution in [2.45, 2.75) is 6.42 Å². The molecule has 1 saturated heterocycles. The number of amides is 1. The zero-order chi connectivity index (χ0) is 19.7. The standard InChI is InChI=1S/C19H20ClFN6O/c20-19-25-8-15(21)18(26-19)27-9-13-12(14(13)10-27)5-6-23-17(28)4-2-11-1-3-16(22)24-7-11/h1-4,7-8,12-14H,5-6,9-10H2,(H2,22,24)(H,23,28)/b4-2+/t12?,13-,14+. The van der Waals surface area contributed by atoms with Gasteiger partial charge in [-0.05, 0) is 59.5 Å². The van der Waals surface area contributed by atoms with E-state index in [2.05, 4.69) is 20.3 Å². The second-order valence-electron chi connectivity index (χ2n) is 7.14. The van der Waals surface area contributed by atoms with E-state index in [9.17, 15) is 9.18 Å². The van der Waals surface area contributed by atoms with Crippen LogP contribution in [0.1, 0.15) is 12.0 Å². The Balaban J connectivity index is 1.19. The van der Waals surface area contributed by atoms with Crippen molar-refractivity contribution in [1.82, 2.24) is 20.3 Å². The van der Waals surface area contributed by atoms with Gasteiger partial charge in [-0.25, -0.2) is 14.4 Å². The quantitative estimate of drug-likeness (QED) is 0.567. The molecular formula is C19H20ClFN6O. The van der Waals surface area contributed by atoms with Crippen LogP contribution >= 0.6 is 11.6 Å². The summed E-state index contributed by atoms with van der Waals surface area (Å²) in [7, 11) is 0. The number of fused-ring (bicyclic) bond motifs is 1. The van der Waals surface area contributed by atoms with Gasteiger partial charge >= 0.3 is 0 Å². The maximum Gasteiger partial charge on any atom is 0.244 e. The molecule has 1 saturated carbocycles. The normalized spacial score (nSPS) is 23.1. The number of aromatic nitrogens is 3. The highest BCUT2D eigenvalue weighted by Gasteiger charge is 2.55. The molecule has 4 rings (SSSR count). The molecule has 7 nitrogen and oxygen atoms in total. The highest BCUT2D eigenvalue weighted by atomic mass is 35.5. The van der Waals surface area contributed by atoms with Crippen molar-refractivity contribution in [2.75, 3.05) is 30.3 Å². The van der Waals surface area contributed by atoms with Gasteiger partial charge in [0.15, 0.2) is 11.6 Å². The van der Waals surface area contributed by atoms with Crippen LogP contribution in [0.3, 0.4) is 0 Å². The Hall–Kier alpha value is -2.74. The first-order valence-corrected chi connectivity index (χ1v) is 9.49. The molecule has 0 radical (unpaired) electrons. The van der Waals surface area contributed by atoms with E-state index in [0.717, 1.165) is 31.3 Å². The number of hydrogen-bond acceptors (Lipinski definition) is 6. The monoisotopic (exact) mass is 402 g/mol. The predicted molar refractivity (Wildman–Crippen MR) is 105 cm³/mol. The molecule has 0 bridgehead atoms. The lowest BCUT2D eigenvalue weighted by Crippen LogP contribution is -2.28. The van der Waals surface area contributed by atoms with Crippen molar-refractivity contribution in [2.24, 2.45) is 17.8 Å². The molecule has 3 N–H and O–H groups in total. The van der Waals surface area contributed by atoms with E-state index in [1.54, 1.807) is 24.4 Å². The Kier molecular flexibility index (Phi) is 5.13. The van der Waals surface area contributed by atoms with Crippen LogP contribution in [-0.2, 0) is 4.79 Å². The van der Waals surface area contributed by atoms with E-state index in [0.29, 0.717) is 30.1 Å². The maximum atomic E-state index is 13.9. The van der Waals surface area contributed by atoms with E-state index >= 15 is 0 Å². The predicted octanol–water partition coefficient (Wildman–Crippen LogP) is 2.15. The van der Waals surface area contributed by atoms with Crippen LogP contribution in [0.2, 0.25) is 5.28 Å². The van der Waals surface area contributed by atoms with Gasteiger partial charge in [-0.2, -0.15) is 4.98 Å². The molecule has 0 spiro atoms. The SMILES string of the molecule is Nc1ccc(/C=C/C(=O)NCCC2[C@H]3CN(c4nc(Cl)ncc4F)C[C@@H]23)cn1. The van der Waals surface area contributed by atoms with E-state index in [1.807, 2.05) is 4.90 Å². The number of nitrogens with one attached hydrogen (secondary N) is 1. The number of carbonyl (C=O) groups is 1. The number of piperidine rings is 1. The van der Waals surface area contributed by atoms with E-state index in [-0.39, 0.29) is 17.0 Å². The minimum Gasteiger partial charge on any atom is -0.384 e. The van der Waals surface area contributed by atoms with Crippen LogP contribution < -0.4 is 16.0 Å². The zero-order valence-electron chi connectivity index (χ0n) is 15.1. The minimum absolute atomic E-state index is 0.0547. The van der Waals surface area contributed by atoms with Crippen molar-refractivity contribution in [3.8, 4) is 0 Å². The van der Waals surface area contributed by atoms with Gasteiger partial charge in [0.1, 0.15) is 5.82 Å². The zero-order valence-corrected chi connectivity index (χ0v) is 15.8. The van der Waals surface area contributed by atoms with Crippen molar-refractivity contribution >= 4 is 35.2 Å². The molecule has 2 aromatic rings. The highest BCUT2D eigenvalue weighted by Crippen LogP contribution is 2.54. The third-order valence-corrected chi connectivity index (χ3v) is 5.56. The summed E-state index contributed by atoms with van der Waals surface area (Å²) in [6.45, 7) is 2.14. The summed E-state index contributed by atoms with van der Waals surface area (Å²) in [6.07, 6.45) is 6.83. The first kappa shape index (κ1) is 18.6. The molecule has 1 amide bonds. The van der Waals surface area contributed by atoms with Crippen molar-refractivity contribution in [1.29, 1.82) is 0 Å². The van der Waals surface area contributed by atoms with Gasteiger partial charge in [0.25, 0.3) is 0 Å². The largest absolute Gasteiger partial charge is 0.384 e. The number of carbonyl (C=O) groups excluding carboxylic acids is 1. The number of nitrogens with zero attached hydrogens (tertiary/aromatic N) is 4. The smallest absolute Gasteiger partial charge is 0.244 e. The molecule has 9 heteroatoms. The number of nitrogen functional groups attached to an aromatic ring is 1. The second-order valence-corrected chi connectivity index (χ2v) is 7.47. The van der Waals surface area contributed by atoms with Gasteiger partial charge in [0.2, 0.25) is 11.2 Å². The van der Waals surface area contributed by atoms with Crippen molar-refractivity contribution < 1.29 is 9.18 Å². The summed E-state index contributed by atoms with van der Waals surface area (Å²) in [5.74, 6) is 1.73. The number of rotatable bonds is 6. The number of anilines is 2. The Morgan fingerprint density at radius 3 is 2.82 bits per heavy atom. The highest BCUT2D eigenvalue weighted by molar-refractivity contribution is 6.28. The number of nitrogens with two attached hydrogens (primary N) is 1. The first-order chi connectivity index (χ1) is 13.5. The fraction of sp³-hybridized carbons (Fsp3) is 0.368. The summed E-state index contributed by atoms with van der Waals surface area (Å²) in [5, 5.41) is 2.96. The third-order valence-electron chi connectivity index (χ3n) is 5.38. The van der Waals surface area contributed by atoms with Crippen molar-refractivity contribution in [3.63, 3.8) is 0 Å². The Morgan fingerprint density at radius 1 is 1.32 bits per heavy atom. The van der Waals surface area contributed by atoms with Gasteiger partial charge in [-0.3, -0.25) is 4.79 Å². The molecule has 3 heterocycles. The average molecular weight is 403 g/mol. The van der Waals surface area contributed by atoms with Gasteiger partial charge in [0.05, 0.1) is 6.20 Å². The fourth-order valence-corrected chi connectivity index (χ4v) is 4.05. The molecule has 2 fully saturated rings. The minimum atomic E-state index is -0.447. The fourth-order valence-electron chi connectivity index (χ4n) is 3.92. The lowest BCUT2D eigenvalue weighted by molar-refractivity contribution is -0.116. The van der Waals surface area contributed by atoms with Gasteiger partial charge in [0, 0.05) is 31.9 Å². The average Bonchev–Trinajstić information content (AvgIpc) is 3.12. The van der Waals surface area contributed by atoms with E-state index < -0.39 is 5.82 Å². The molecule has 2 aliphatic rings. The first-order valence-electron chi connectivity index (χ1n) is 9.11. The molecule has 1 unspecified atom stereocenters. The molecule has 1 aliphatic carbocycles. The topological polar surface area (TPSA) is 97.0 Å².